The maximum absolute atomic E-state index is 12.4. The van der Waals surface area contributed by atoms with Gasteiger partial charge in [-0.3, -0.25) is 10.1 Å². The van der Waals surface area contributed by atoms with E-state index in [4.69, 9.17) is 4.42 Å². The van der Waals surface area contributed by atoms with E-state index in [1.54, 1.807) is 12.1 Å². The number of imidazole rings is 1. The number of anilines is 2. The first-order valence-corrected chi connectivity index (χ1v) is 10.2. The summed E-state index contributed by atoms with van der Waals surface area (Å²) in [6.45, 7) is 4.57. The third-order valence-electron chi connectivity index (χ3n) is 4.96. The minimum Gasteiger partial charge on any atom is -0.423 e. The highest BCUT2D eigenvalue weighted by Crippen LogP contribution is 2.30. The lowest BCUT2D eigenvalue weighted by Crippen LogP contribution is -2.16. The van der Waals surface area contributed by atoms with Crippen LogP contribution in [0.1, 0.15) is 43.5 Å². The number of nitrogens with zero attached hydrogens (tertiary/aromatic N) is 3. The van der Waals surface area contributed by atoms with E-state index in [2.05, 4.69) is 20.0 Å². The molecular formula is C22H21F3N4O3. The molecule has 0 aliphatic carbocycles. The number of halogens is 3. The van der Waals surface area contributed by atoms with Gasteiger partial charge in [0.25, 0.3) is 0 Å². The summed E-state index contributed by atoms with van der Waals surface area (Å²) in [4.78, 5) is 21.2. The van der Waals surface area contributed by atoms with Gasteiger partial charge < -0.3 is 13.7 Å². The fourth-order valence-electron chi connectivity index (χ4n) is 3.45. The number of unbranched alkanes of at least 4 members (excludes halogenated alkanes) is 1. The van der Waals surface area contributed by atoms with Gasteiger partial charge in [0, 0.05) is 24.6 Å². The van der Waals surface area contributed by atoms with Crippen molar-refractivity contribution in [2.24, 2.45) is 0 Å². The Bertz CT molecular complexity index is 1280. The second-order valence-corrected chi connectivity index (χ2v) is 7.23. The Balaban J connectivity index is 1.63. The number of carbonyl (C=O) groups excluding carboxylic acids is 1. The average Bonchev–Trinajstić information content (AvgIpc) is 3.29. The summed E-state index contributed by atoms with van der Waals surface area (Å²) in [6, 6.07) is 9.15. The van der Waals surface area contributed by atoms with Gasteiger partial charge in [0.2, 0.25) is 5.95 Å². The Hall–Kier alpha value is -3.56. The Morgan fingerprint density at radius 2 is 1.94 bits per heavy atom. The zero-order valence-corrected chi connectivity index (χ0v) is 17.5. The van der Waals surface area contributed by atoms with Crippen molar-refractivity contribution < 1.29 is 27.1 Å². The van der Waals surface area contributed by atoms with Gasteiger partial charge in [0.05, 0.1) is 11.0 Å². The lowest BCUT2D eigenvalue weighted by Gasteiger charge is -2.07. The Labute approximate surface area is 181 Å². The second kappa shape index (κ2) is 8.52. The number of Topliss-reactive ketones (excluding diaryl/α,β-unsaturated/α-hetero) is 1. The quantitative estimate of drug-likeness (QED) is 0.324. The number of benzene rings is 2. The number of fused-ring (bicyclic) bond motifs is 2. The third kappa shape index (κ3) is 4.53. The molecule has 4 rings (SSSR count). The van der Waals surface area contributed by atoms with E-state index in [-0.39, 0.29) is 17.4 Å². The van der Waals surface area contributed by atoms with Crippen molar-refractivity contribution in [3.63, 3.8) is 0 Å². The number of nitrogens with one attached hydrogen (secondary N) is 1. The van der Waals surface area contributed by atoms with Gasteiger partial charge in [0.15, 0.2) is 11.4 Å². The zero-order valence-electron chi connectivity index (χ0n) is 17.5. The highest BCUT2D eigenvalue weighted by atomic mass is 19.4. The highest BCUT2D eigenvalue weighted by Gasteiger charge is 2.31. The Kier molecular flexibility index (Phi) is 5.77. The van der Waals surface area contributed by atoms with Gasteiger partial charge in [-0.05, 0) is 43.7 Å². The molecule has 0 amide bonds. The molecule has 0 aliphatic heterocycles. The first-order valence-electron chi connectivity index (χ1n) is 10.2. The molecule has 0 spiro atoms. The second-order valence-electron chi connectivity index (χ2n) is 7.23. The van der Waals surface area contributed by atoms with Crippen LogP contribution in [0.5, 0.6) is 5.75 Å². The van der Waals surface area contributed by atoms with Crippen molar-refractivity contribution in [3.8, 4) is 5.75 Å². The number of ketones is 1. The summed E-state index contributed by atoms with van der Waals surface area (Å²) in [5, 5.41) is 2.98. The molecule has 0 saturated carbocycles. The molecule has 0 atom stereocenters. The van der Waals surface area contributed by atoms with Crippen molar-refractivity contribution in [1.82, 2.24) is 14.5 Å². The lowest BCUT2D eigenvalue weighted by atomic mass is 10.1. The normalized spacial score (nSPS) is 11.9. The molecule has 0 radical (unpaired) electrons. The van der Waals surface area contributed by atoms with E-state index in [0.29, 0.717) is 35.5 Å². The van der Waals surface area contributed by atoms with Crippen LogP contribution in [0.3, 0.4) is 0 Å². The fraction of sp³-hybridized carbons (Fsp3) is 0.318. The summed E-state index contributed by atoms with van der Waals surface area (Å²) >= 11 is 0. The molecule has 7 nitrogen and oxygen atoms in total. The number of hydrogen-bond donors (Lipinski definition) is 1. The van der Waals surface area contributed by atoms with Gasteiger partial charge in [-0.2, -0.15) is 4.98 Å². The summed E-state index contributed by atoms with van der Waals surface area (Å²) in [5.41, 5.74) is 2.59. The van der Waals surface area contributed by atoms with E-state index in [0.717, 1.165) is 24.4 Å². The van der Waals surface area contributed by atoms with Crippen molar-refractivity contribution in [3.05, 3.63) is 42.0 Å². The van der Waals surface area contributed by atoms with Crippen LogP contribution in [0.2, 0.25) is 0 Å². The van der Waals surface area contributed by atoms with E-state index >= 15 is 0 Å². The standard InChI is InChI=1S/C22H21F3N4O3/c1-3-5-6-18(30)13-7-10-17-16(11-13)26-20(29(17)4-2)28-21-27-15-9-8-14(12-19(15)31-21)32-22(23,24)25/h7-12H,3-6H2,1-2H3,(H,26,27,28). The SMILES string of the molecule is CCCCC(=O)c1ccc2c(c1)nc(Nc1nc3ccc(OC(F)(F)F)cc3o1)n2CC. The highest BCUT2D eigenvalue weighted by molar-refractivity contribution is 5.99. The number of carbonyl (C=O) groups is 1. The molecule has 32 heavy (non-hydrogen) atoms. The molecule has 2 heterocycles. The molecule has 0 aliphatic rings. The zero-order chi connectivity index (χ0) is 22.9. The van der Waals surface area contributed by atoms with Crippen molar-refractivity contribution in [1.29, 1.82) is 0 Å². The fourth-order valence-corrected chi connectivity index (χ4v) is 3.45. The minimum absolute atomic E-state index is 0.0742. The largest absolute Gasteiger partial charge is 0.573 e. The van der Waals surface area contributed by atoms with Crippen molar-refractivity contribution in [2.75, 3.05) is 5.32 Å². The van der Waals surface area contributed by atoms with Crippen LogP contribution in [-0.4, -0.2) is 26.7 Å². The predicted octanol–water partition coefficient (Wildman–Crippen LogP) is 6.21. The van der Waals surface area contributed by atoms with E-state index in [1.165, 1.54) is 12.1 Å². The van der Waals surface area contributed by atoms with Crippen LogP contribution < -0.4 is 10.1 Å². The molecule has 0 fully saturated rings. The van der Waals surface area contributed by atoms with Gasteiger partial charge in [-0.1, -0.05) is 13.3 Å². The van der Waals surface area contributed by atoms with Crippen LogP contribution in [0.25, 0.3) is 22.1 Å². The monoisotopic (exact) mass is 446 g/mol. The number of aromatic nitrogens is 3. The molecule has 1 N–H and O–H groups in total. The van der Waals surface area contributed by atoms with Gasteiger partial charge in [-0.15, -0.1) is 13.2 Å². The third-order valence-corrected chi connectivity index (χ3v) is 4.96. The van der Waals surface area contributed by atoms with Crippen LogP contribution in [0.15, 0.2) is 40.8 Å². The maximum Gasteiger partial charge on any atom is 0.573 e. The van der Waals surface area contributed by atoms with Crippen molar-refractivity contribution >= 4 is 39.9 Å². The molecule has 0 unspecified atom stereocenters. The van der Waals surface area contributed by atoms with Gasteiger partial charge in [-0.25, -0.2) is 4.98 Å². The van der Waals surface area contributed by atoms with Crippen LogP contribution in [0.4, 0.5) is 25.1 Å². The number of alkyl halides is 3. The number of aryl methyl sites for hydroxylation is 1. The molecule has 0 bridgehead atoms. The number of oxazole rings is 1. The molecular weight excluding hydrogens is 425 g/mol. The number of hydrogen-bond acceptors (Lipinski definition) is 6. The van der Waals surface area contributed by atoms with E-state index in [1.807, 2.05) is 24.5 Å². The van der Waals surface area contributed by atoms with E-state index < -0.39 is 12.1 Å². The van der Waals surface area contributed by atoms with E-state index in [9.17, 15) is 18.0 Å². The first kappa shape index (κ1) is 21.7. The first-order chi connectivity index (χ1) is 15.3. The minimum atomic E-state index is -4.79. The molecule has 10 heteroatoms. The molecule has 2 aromatic carbocycles. The smallest absolute Gasteiger partial charge is 0.423 e. The molecule has 168 valence electrons. The summed E-state index contributed by atoms with van der Waals surface area (Å²) < 4.78 is 48.7. The average molecular weight is 446 g/mol. The topological polar surface area (TPSA) is 82.2 Å². The van der Waals surface area contributed by atoms with Crippen molar-refractivity contribution in [2.45, 2.75) is 46.0 Å². The van der Waals surface area contributed by atoms with Gasteiger partial charge in [0.1, 0.15) is 11.3 Å². The molecule has 4 aromatic rings. The summed E-state index contributed by atoms with van der Waals surface area (Å²) in [7, 11) is 0. The Morgan fingerprint density at radius 1 is 1.12 bits per heavy atom. The molecule has 2 aromatic heterocycles. The summed E-state index contributed by atoms with van der Waals surface area (Å²) in [6.07, 6.45) is -2.52. The van der Waals surface area contributed by atoms with Crippen LogP contribution >= 0.6 is 0 Å². The predicted molar refractivity (Wildman–Crippen MR) is 113 cm³/mol. The van der Waals surface area contributed by atoms with Crippen LogP contribution in [-0.2, 0) is 6.54 Å². The maximum atomic E-state index is 12.4. The Morgan fingerprint density at radius 3 is 2.66 bits per heavy atom. The summed E-state index contributed by atoms with van der Waals surface area (Å²) in [5.74, 6) is 0.123. The molecule has 0 saturated heterocycles. The lowest BCUT2D eigenvalue weighted by molar-refractivity contribution is -0.274. The number of rotatable bonds is 8. The van der Waals surface area contributed by atoms with Crippen LogP contribution in [0, 0.1) is 0 Å². The number of ether oxygens (including phenoxy) is 1. The van der Waals surface area contributed by atoms with Gasteiger partial charge >= 0.3 is 12.4 Å².